The van der Waals surface area contributed by atoms with Crippen molar-refractivity contribution in [3.05, 3.63) is 59.4 Å². The van der Waals surface area contributed by atoms with Crippen molar-refractivity contribution >= 4 is 17.3 Å². The number of halogens is 3. The maximum Gasteiger partial charge on any atom is 0.224 e. The molecule has 3 nitrogen and oxygen atoms in total. The van der Waals surface area contributed by atoms with Crippen LogP contribution in [0.25, 0.3) is 0 Å². The number of benzene rings is 2. The van der Waals surface area contributed by atoms with Crippen molar-refractivity contribution in [2.45, 2.75) is 12.8 Å². The predicted octanol–water partition coefficient (Wildman–Crippen LogP) is 3.26. The minimum absolute atomic E-state index is 0.0483. The molecule has 0 atom stereocenters. The van der Waals surface area contributed by atoms with E-state index in [0.717, 1.165) is 17.7 Å². The maximum atomic E-state index is 13.4. The van der Waals surface area contributed by atoms with Gasteiger partial charge in [-0.3, -0.25) is 4.79 Å². The molecule has 3 N–H and O–H groups in total. The number of nitrogens with two attached hydrogens (primary N) is 1. The summed E-state index contributed by atoms with van der Waals surface area (Å²) in [4.78, 5) is 11.7. The van der Waals surface area contributed by atoms with Crippen LogP contribution in [0.2, 0.25) is 0 Å². The lowest BCUT2D eigenvalue weighted by Gasteiger charge is -2.08. The number of carbonyl (C=O) groups is 1. The lowest BCUT2D eigenvalue weighted by atomic mass is 10.1. The number of carbonyl (C=O) groups excluding carboxylic acids is 1. The van der Waals surface area contributed by atoms with E-state index in [9.17, 15) is 18.0 Å². The fourth-order valence-corrected chi connectivity index (χ4v) is 1.85. The Kier molecular flexibility index (Phi) is 4.47. The summed E-state index contributed by atoms with van der Waals surface area (Å²) >= 11 is 0. The second kappa shape index (κ2) is 6.30. The van der Waals surface area contributed by atoms with Crippen molar-refractivity contribution in [1.82, 2.24) is 0 Å². The van der Waals surface area contributed by atoms with Crippen LogP contribution < -0.4 is 11.1 Å². The summed E-state index contributed by atoms with van der Waals surface area (Å²) in [7, 11) is 0. The minimum atomic E-state index is -1.61. The van der Waals surface area contributed by atoms with Gasteiger partial charge < -0.3 is 11.1 Å². The normalized spacial score (nSPS) is 10.4. The van der Waals surface area contributed by atoms with Gasteiger partial charge >= 0.3 is 0 Å². The molecule has 0 unspecified atom stereocenters. The second-order valence-corrected chi connectivity index (χ2v) is 4.47. The average molecular weight is 294 g/mol. The van der Waals surface area contributed by atoms with E-state index < -0.39 is 23.4 Å². The highest BCUT2D eigenvalue weighted by Crippen LogP contribution is 2.20. The minimum Gasteiger partial charge on any atom is -0.399 e. The fraction of sp³-hybridized carbons (Fsp3) is 0.133. The third-order valence-electron chi connectivity index (χ3n) is 2.99. The molecule has 0 aromatic heterocycles. The second-order valence-electron chi connectivity index (χ2n) is 4.47. The quantitative estimate of drug-likeness (QED) is 0.671. The molecule has 0 spiro atoms. The third kappa shape index (κ3) is 3.53. The van der Waals surface area contributed by atoms with Gasteiger partial charge in [0.2, 0.25) is 5.91 Å². The Labute approximate surface area is 119 Å². The topological polar surface area (TPSA) is 55.1 Å². The number of para-hydroxylation sites is 1. The molecular weight excluding hydrogens is 281 g/mol. The van der Waals surface area contributed by atoms with Crippen molar-refractivity contribution in [2.75, 3.05) is 11.1 Å². The zero-order chi connectivity index (χ0) is 15.4. The molecule has 0 aliphatic carbocycles. The molecule has 0 bridgehead atoms. The monoisotopic (exact) mass is 294 g/mol. The number of nitrogens with one attached hydrogen (secondary N) is 1. The first-order chi connectivity index (χ1) is 9.99. The van der Waals surface area contributed by atoms with Crippen LogP contribution in [0, 0.1) is 17.5 Å². The Morgan fingerprint density at radius 2 is 1.76 bits per heavy atom. The van der Waals surface area contributed by atoms with Gasteiger partial charge in [-0.25, -0.2) is 13.2 Å². The van der Waals surface area contributed by atoms with E-state index in [2.05, 4.69) is 5.32 Å². The average Bonchev–Trinajstić information content (AvgIpc) is 2.47. The summed E-state index contributed by atoms with van der Waals surface area (Å²) in [5.41, 5.74) is 6.70. The summed E-state index contributed by atoms with van der Waals surface area (Å²) in [5, 5.41) is 2.21. The lowest BCUT2D eigenvalue weighted by Crippen LogP contribution is -2.14. The number of aryl methyl sites for hydroxylation is 1. The van der Waals surface area contributed by atoms with E-state index in [1.54, 1.807) is 24.3 Å². The largest absolute Gasteiger partial charge is 0.399 e. The summed E-state index contributed by atoms with van der Waals surface area (Å²) in [5.74, 6) is -4.84. The molecule has 1 amide bonds. The van der Waals surface area contributed by atoms with Gasteiger partial charge in [-0.15, -0.1) is 0 Å². The van der Waals surface area contributed by atoms with E-state index >= 15 is 0 Å². The molecule has 0 aliphatic rings. The van der Waals surface area contributed by atoms with Crippen molar-refractivity contribution in [1.29, 1.82) is 0 Å². The van der Waals surface area contributed by atoms with Gasteiger partial charge in [0, 0.05) is 12.1 Å². The first-order valence-electron chi connectivity index (χ1n) is 6.25. The van der Waals surface area contributed by atoms with E-state index in [0.29, 0.717) is 12.1 Å². The van der Waals surface area contributed by atoms with Crippen LogP contribution in [0.4, 0.5) is 24.5 Å². The zero-order valence-electron chi connectivity index (χ0n) is 11.0. The van der Waals surface area contributed by atoms with Gasteiger partial charge in [0.25, 0.3) is 0 Å². The number of hydrogen-bond acceptors (Lipinski definition) is 2. The molecular formula is C15H13F3N2O. The van der Waals surface area contributed by atoms with Gasteiger partial charge in [-0.2, -0.15) is 0 Å². The van der Waals surface area contributed by atoms with Gasteiger partial charge in [0.05, 0.1) is 5.69 Å². The maximum absolute atomic E-state index is 13.4. The third-order valence-corrected chi connectivity index (χ3v) is 2.99. The van der Waals surface area contributed by atoms with Gasteiger partial charge in [0.15, 0.2) is 17.5 Å². The van der Waals surface area contributed by atoms with E-state index in [1.807, 2.05) is 0 Å². The lowest BCUT2D eigenvalue weighted by molar-refractivity contribution is -0.116. The molecule has 0 aliphatic heterocycles. The Bertz CT molecular complexity index is 674. The first kappa shape index (κ1) is 14.9. The van der Waals surface area contributed by atoms with Crippen molar-refractivity contribution in [3.63, 3.8) is 0 Å². The van der Waals surface area contributed by atoms with Crippen LogP contribution in [0.1, 0.15) is 12.0 Å². The molecule has 0 saturated carbocycles. The summed E-state index contributed by atoms with van der Waals surface area (Å²) in [6, 6.07) is 8.78. The Morgan fingerprint density at radius 1 is 1.05 bits per heavy atom. The van der Waals surface area contributed by atoms with Crippen molar-refractivity contribution in [3.8, 4) is 0 Å². The molecule has 0 heterocycles. The Morgan fingerprint density at radius 3 is 2.48 bits per heavy atom. The molecule has 110 valence electrons. The zero-order valence-corrected chi connectivity index (χ0v) is 11.0. The van der Waals surface area contributed by atoms with E-state index in [4.69, 9.17) is 5.73 Å². The van der Waals surface area contributed by atoms with E-state index in [1.165, 1.54) is 0 Å². The highest BCUT2D eigenvalue weighted by Gasteiger charge is 2.15. The van der Waals surface area contributed by atoms with Crippen LogP contribution in [0.5, 0.6) is 0 Å². The number of anilines is 2. The first-order valence-corrected chi connectivity index (χ1v) is 6.25. The summed E-state index contributed by atoms with van der Waals surface area (Å²) in [6.45, 7) is 0. The van der Waals surface area contributed by atoms with Gasteiger partial charge in [-0.05, 0) is 30.2 Å². The smallest absolute Gasteiger partial charge is 0.224 e. The number of amides is 1. The highest BCUT2D eigenvalue weighted by molar-refractivity contribution is 5.91. The summed E-state index contributed by atoms with van der Waals surface area (Å²) in [6.07, 6.45) is 0.413. The van der Waals surface area contributed by atoms with Crippen molar-refractivity contribution < 1.29 is 18.0 Å². The predicted molar refractivity (Wildman–Crippen MR) is 74.1 cm³/mol. The molecule has 0 saturated heterocycles. The Balaban J connectivity index is 2.00. The van der Waals surface area contributed by atoms with Crippen LogP contribution in [0.15, 0.2) is 36.4 Å². The van der Waals surface area contributed by atoms with Crippen molar-refractivity contribution in [2.24, 2.45) is 0 Å². The highest BCUT2D eigenvalue weighted by atomic mass is 19.2. The van der Waals surface area contributed by atoms with Crippen LogP contribution in [0.3, 0.4) is 0 Å². The Hall–Kier alpha value is -2.50. The summed E-state index contributed by atoms with van der Waals surface area (Å²) < 4.78 is 39.2. The van der Waals surface area contributed by atoms with E-state index in [-0.39, 0.29) is 12.1 Å². The van der Waals surface area contributed by atoms with Gasteiger partial charge in [0.1, 0.15) is 0 Å². The van der Waals surface area contributed by atoms with Crippen LogP contribution >= 0.6 is 0 Å². The fourth-order valence-electron chi connectivity index (χ4n) is 1.85. The van der Waals surface area contributed by atoms with Gasteiger partial charge in [-0.1, -0.05) is 18.2 Å². The molecule has 2 rings (SSSR count). The molecule has 0 fully saturated rings. The SMILES string of the molecule is Nc1ccccc1CCC(=O)Nc1ccc(F)c(F)c1F. The molecule has 2 aromatic rings. The molecule has 0 radical (unpaired) electrons. The standard InChI is InChI=1S/C15H13F3N2O/c16-10-6-7-12(15(18)14(10)17)20-13(21)8-5-9-3-1-2-4-11(9)19/h1-4,6-7H,5,8,19H2,(H,20,21). The molecule has 21 heavy (non-hydrogen) atoms. The number of hydrogen-bond donors (Lipinski definition) is 2. The van der Waals surface area contributed by atoms with Crippen LogP contribution in [-0.4, -0.2) is 5.91 Å². The number of rotatable bonds is 4. The van der Waals surface area contributed by atoms with Crippen LogP contribution in [-0.2, 0) is 11.2 Å². The number of nitrogen functional groups attached to an aromatic ring is 1. The molecule has 2 aromatic carbocycles. The molecule has 6 heteroatoms.